The summed E-state index contributed by atoms with van der Waals surface area (Å²) < 4.78 is 4.79. The second-order valence-corrected chi connectivity index (χ2v) is 2.70. The normalized spacial score (nSPS) is 9.17. The van der Waals surface area contributed by atoms with Crippen molar-refractivity contribution in [2.45, 2.75) is 0 Å². The van der Waals surface area contributed by atoms with E-state index in [1.54, 1.807) is 0 Å². The molecule has 12 heavy (non-hydrogen) atoms. The number of hydrogen-bond donors (Lipinski definition) is 0. The van der Waals surface area contributed by atoms with Crippen molar-refractivity contribution in [1.29, 1.82) is 5.26 Å². The van der Waals surface area contributed by atoms with E-state index in [-0.39, 0.29) is 21.5 Å². The van der Waals surface area contributed by atoms with Crippen molar-refractivity contribution >= 4 is 23.2 Å². The molecule has 1 aromatic heterocycles. The summed E-state index contributed by atoms with van der Waals surface area (Å²) in [7, 11) is 1.42. The highest BCUT2D eigenvalue weighted by Gasteiger charge is 2.11. The van der Waals surface area contributed by atoms with E-state index in [9.17, 15) is 0 Å². The fourth-order valence-electron chi connectivity index (χ4n) is 0.693. The summed E-state index contributed by atoms with van der Waals surface area (Å²) in [5.74, 6) is 0.206. The molecule has 0 atom stereocenters. The smallest absolute Gasteiger partial charge is 0.233 e. The lowest BCUT2D eigenvalue weighted by molar-refractivity contribution is 0.398. The minimum absolute atomic E-state index is 0.146. The van der Waals surface area contributed by atoms with Gasteiger partial charge in [-0.15, -0.1) is 0 Å². The average Bonchev–Trinajstić information content (AvgIpc) is 2.06. The first-order chi connectivity index (χ1) is 5.70. The van der Waals surface area contributed by atoms with Crippen LogP contribution in [0.5, 0.6) is 5.88 Å². The monoisotopic (exact) mass is 202 g/mol. The molecule has 0 saturated heterocycles. The van der Waals surface area contributed by atoms with Crippen molar-refractivity contribution in [2.24, 2.45) is 0 Å². The summed E-state index contributed by atoms with van der Waals surface area (Å²) in [6.45, 7) is 0. The molecule has 0 N–H and O–H groups in total. The zero-order valence-electron chi connectivity index (χ0n) is 6.14. The number of nitriles is 1. The van der Waals surface area contributed by atoms with Crippen LogP contribution < -0.4 is 4.74 Å². The van der Waals surface area contributed by atoms with E-state index < -0.39 is 0 Å². The molecule has 1 rings (SSSR count). The van der Waals surface area contributed by atoms with Crippen LogP contribution >= 0.6 is 23.2 Å². The van der Waals surface area contributed by atoms with Gasteiger partial charge in [-0.05, 0) is 0 Å². The van der Waals surface area contributed by atoms with Crippen LogP contribution in [0, 0.1) is 11.3 Å². The highest BCUT2D eigenvalue weighted by Crippen LogP contribution is 2.29. The van der Waals surface area contributed by atoms with Crippen LogP contribution in [-0.2, 0) is 0 Å². The number of methoxy groups -OCH3 is 1. The largest absolute Gasteiger partial charge is 0.480 e. The third kappa shape index (κ3) is 1.45. The van der Waals surface area contributed by atoms with E-state index in [0.717, 1.165) is 0 Å². The molecule has 3 nitrogen and oxygen atoms in total. The SMILES string of the molecule is COc1ncc(Cl)c(C#N)c1Cl. The molecule has 0 fully saturated rings. The van der Waals surface area contributed by atoms with Crippen molar-refractivity contribution in [3.63, 3.8) is 0 Å². The topological polar surface area (TPSA) is 45.9 Å². The van der Waals surface area contributed by atoms with Crippen molar-refractivity contribution in [3.8, 4) is 11.9 Å². The van der Waals surface area contributed by atoms with Gasteiger partial charge < -0.3 is 4.74 Å². The molecule has 1 heterocycles. The van der Waals surface area contributed by atoms with E-state index >= 15 is 0 Å². The molecule has 62 valence electrons. The molecular weight excluding hydrogens is 199 g/mol. The lowest BCUT2D eigenvalue weighted by Crippen LogP contribution is -1.91. The Labute approximate surface area is 79.5 Å². The second kappa shape index (κ2) is 3.61. The van der Waals surface area contributed by atoms with Crippen LogP contribution in [-0.4, -0.2) is 12.1 Å². The van der Waals surface area contributed by atoms with Crippen molar-refractivity contribution < 1.29 is 4.74 Å². The van der Waals surface area contributed by atoms with Gasteiger partial charge in [-0.3, -0.25) is 0 Å². The van der Waals surface area contributed by atoms with Crippen LogP contribution in [0.15, 0.2) is 6.20 Å². The van der Waals surface area contributed by atoms with Crippen molar-refractivity contribution in [3.05, 3.63) is 21.8 Å². The predicted octanol–water partition coefficient (Wildman–Crippen LogP) is 2.27. The summed E-state index contributed by atoms with van der Waals surface area (Å²) >= 11 is 11.4. The summed E-state index contributed by atoms with van der Waals surface area (Å²) in [6.07, 6.45) is 1.32. The Kier molecular flexibility index (Phi) is 2.74. The Morgan fingerprint density at radius 2 is 2.25 bits per heavy atom. The number of hydrogen-bond acceptors (Lipinski definition) is 3. The summed E-state index contributed by atoms with van der Waals surface area (Å²) in [4.78, 5) is 3.77. The maximum absolute atomic E-state index is 8.62. The van der Waals surface area contributed by atoms with Crippen LogP contribution in [0.2, 0.25) is 10.0 Å². The molecule has 0 radical (unpaired) electrons. The Bertz CT molecular complexity index is 346. The third-order valence-corrected chi connectivity index (χ3v) is 1.88. The Hall–Kier alpha value is -0.980. The van der Waals surface area contributed by atoms with E-state index in [1.807, 2.05) is 6.07 Å². The van der Waals surface area contributed by atoms with Crippen LogP contribution in [0.4, 0.5) is 0 Å². The number of pyridine rings is 1. The molecule has 0 aromatic carbocycles. The first-order valence-electron chi connectivity index (χ1n) is 2.98. The summed E-state index contributed by atoms with van der Waals surface area (Å²) in [6, 6.07) is 1.85. The van der Waals surface area contributed by atoms with Crippen LogP contribution in [0.1, 0.15) is 5.56 Å². The van der Waals surface area contributed by atoms with Gasteiger partial charge in [-0.2, -0.15) is 5.26 Å². The molecule has 0 spiro atoms. The van der Waals surface area contributed by atoms with Gasteiger partial charge in [0.25, 0.3) is 0 Å². The molecule has 0 aliphatic carbocycles. The molecule has 5 heteroatoms. The summed E-state index contributed by atoms with van der Waals surface area (Å²) in [5.41, 5.74) is 0.185. The first-order valence-corrected chi connectivity index (χ1v) is 3.74. The summed E-state index contributed by atoms with van der Waals surface area (Å²) in [5, 5.41) is 8.99. The second-order valence-electron chi connectivity index (χ2n) is 1.92. The highest BCUT2D eigenvalue weighted by atomic mass is 35.5. The third-order valence-electron chi connectivity index (χ3n) is 1.25. The molecule has 0 aliphatic heterocycles. The quantitative estimate of drug-likeness (QED) is 0.703. The van der Waals surface area contributed by atoms with E-state index in [1.165, 1.54) is 13.3 Å². The molecule has 1 aromatic rings. The molecule has 0 saturated carbocycles. The fourth-order valence-corrected chi connectivity index (χ4v) is 1.20. The zero-order valence-corrected chi connectivity index (χ0v) is 7.65. The van der Waals surface area contributed by atoms with Crippen LogP contribution in [0.25, 0.3) is 0 Å². The van der Waals surface area contributed by atoms with E-state index in [4.69, 9.17) is 33.2 Å². The number of ether oxygens (including phenoxy) is 1. The lowest BCUT2D eigenvalue weighted by Gasteiger charge is -2.02. The van der Waals surface area contributed by atoms with Gasteiger partial charge >= 0.3 is 0 Å². The van der Waals surface area contributed by atoms with Gasteiger partial charge in [-0.25, -0.2) is 4.98 Å². The molecule has 0 aliphatic rings. The zero-order chi connectivity index (χ0) is 9.14. The van der Waals surface area contributed by atoms with Gasteiger partial charge in [0.1, 0.15) is 11.1 Å². The maximum atomic E-state index is 8.62. The predicted molar refractivity (Wildman–Crippen MR) is 45.5 cm³/mol. The minimum Gasteiger partial charge on any atom is -0.480 e. The van der Waals surface area contributed by atoms with Crippen molar-refractivity contribution in [2.75, 3.05) is 7.11 Å². The fraction of sp³-hybridized carbons (Fsp3) is 0.143. The standard InChI is InChI=1S/C7H4Cl2N2O/c1-12-7-6(9)4(2-10)5(8)3-11-7/h3H,1H3. The maximum Gasteiger partial charge on any atom is 0.233 e. The highest BCUT2D eigenvalue weighted by molar-refractivity contribution is 6.37. The molecule has 0 unspecified atom stereocenters. The number of rotatable bonds is 1. The average molecular weight is 203 g/mol. The first kappa shape index (κ1) is 9.11. The van der Waals surface area contributed by atoms with Gasteiger partial charge in [0, 0.05) is 0 Å². The Balaban J connectivity index is 3.36. The molecular formula is C7H4Cl2N2O. The van der Waals surface area contributed by atoms with E-state index in [2.05, 4.69) is 4.98 Å². The van der Waals surface area contributed by atoms with Crippen LogP contribution in [0.3, 0.4) is 0 Å². The van der Waals surface area contributed by atoms with Crippen molar-refractivity contribution in [1.82, 2.24) is 4.98 Å². The van der Waals surface area contributed by atoms with E-state index in [0.29, 0.717) is 0 Å². The molecule has 0 amide bonds. The Morgan fingerprint density at radius 1 is 1.58 bits per heavy atom. The van der Waals surface area contributed by atoms with Gasteiger partial charge in [0.2, 0.25) is 5.88 Å². The Morgan fingerprint density at radius 3 is 2.75 bits per heavy atom. The number of nitrogens with zero attached hydrogens (tertiary/aromatic N) is 2. The molecule has 0 bridgehead atoms. The minimum atomic E-state index is 0.146. The van der Waals surface area contributed by atoms with Gasteiger partial charge in [0.15, 0.2) is 0 Å². The number of aromatic nitrogens is 1. The van der Waals surface area contributed by atoms with Gasteiger partial charge in [-0.1, -0.05) is 23.2 Å². The van der Waals surface area contributed by atoms with Gasteiger partial charge in [0.05, 0.1) is 23.9 Å². The lowest BCUT2D eigenvalue weighted by atomic mass is 10.3. The number of halogens is 2.